The number of benzene rings is 1. The van der Waals surface area contributed by atoms with Crippen LogP contribution in [0.5, 0.6) is 0 Å². The summed E-state index contributed by atoms with van der Waals surface area (Å²) in [6.07, 6.45) is 0.973. The molecule has 1 saturated heterocycles. The number of carbonyl (C=O) groups excluding carboxylic acids is 1. The van der Waals surface area contributed by atoms with Crippen molar-refractivity contribution in [1.82, 2.24) is 25.6 Å². The zero-order chi connectivity index (χ0) is 21.0. The average Bonchev–Trinajstić information content (AvgIpc) is 3.33. The van der Waals surface area contributed by atoms with Gasteiger partial charge >= 0.3 is 0 Å². The van der Waals surface area contributed by atoms with Gasteiger partial charge in [0.05, 0.1) is 49.2 Å². The molecule has 9 heteroatoms. The number of rotatable bonds is 8. The van der Waals surface area contributed by atoms with Gasteiger partial charge in [-0.3, -0.25) is 9.48 Å². The number of aliphatic hydroxyl groups excluding tert-OH is 3. The first-order valence-electron chi connectivity index (χ1n) is 9.95. The van der Waals surface area contributed by atoms with Crippen molar-refractivity contribution in [1.29, 1.82) is 0 Å². The number of carbonyl (C=O) groups is 1. The van der Waals surface area contributed by atoms with Crippen LogP contribution in [0.4, 0.5) is 0 Å². The Morgan fingerprint density at radius 3 is 2.41 bits per heavy atom. The first-order valence-corrected chi connectivity index (χ1v) is 9.95. The minimum absolute atomic E-state index is 0.175. The Morgan fingerprint density at radius 1 is 1.17 bits per heavy atom. The first-order chi connectivity index (χ1) is 13.9. The molecule has 0 unspecified atom stereocenters. The van der Waals surface area contributed by atoms with E-state index in [0.29, 0.717) is 24.1 Å². The van der Waals surface area contributed by atoms with Crippen molar-refractivity contribution in [3.05, 3.63) is 47.8 Å². The van der Waals surface area contributed by atoms with Gasteiger partial charge in [0.25, 0.3) is 5.91 Å². The van der Waals surface area contributed by atoms with Gasteiger partial charge in [-0.25, -0.2) is 0 Å². The maximum Gasteiger partial charge on any atom is 0.252 e. The van der Waals surface area contributed by atoms with Gasteiger partial charge in [0.1, 0.15) is 5.69 Å². The van der Waals surface area contributed by atoms with Crippen molar-refractivity contribution in [3.63, 3.8) is 0 Å². The molecule has 2 aromatic rings. The van der Waals surface area contributed by atoms with Crippen molar-refractivity contribution in [2.45, 2.75) is 63.1 Å². The van der Waals surface area contributed by atoms with Crippen molar-refractivity contribution in [2.24, 2.45) is 0 Å². The highest BCUT2D eigenvalue weighted by Gasteiger charge is 2.41. The first kappa shape index (κ1) is 21.4. The molecule has 1 aliphatic heterocycles. The van der Waals surface area contributed by atoms with Crippen molar-refractivity contribution < 1.29 is 20.1 Å². The smallest absolute Gasteiger partial charge is 0.252 e. The molecule has 1 fully saturated rings. The summed E-state index contributed by atoms with van der Waals surface area (Å²) in [6.45, 7) is 3.98. The minimum Gasteiger partial charge on any atom is -0.395 e. The van der Waals surface area contributed by atoms with E-state index in [1.165, 1.54) is 0 Å². The van der Waals surface area contributed by atoms with Crippen molar-refractivity contribution in [3.8, 4) is 0 Å². The van der Waals surface area contributed by atoms with Gasteiger partial charge < -0.3 is 26.0 Å². The van der Waals surface area contributed by atoms with Gasteiger partial charge in [0, 0.05) is 5.56 Å². The third-order valence-corrected chi connectivity index (χ3v) is 5.81. The fourth-order valence-electron chi connectivity index (χ4n) is 3.81. The Labute approximate surface area is 169 Å². The number of amides is 1. The Kier molecular flexibility index (Phi) is 6.63. The average molecular weight is 403 g/mol. The van der Waals surface area contributed by atoms with E-state index < -0.39 is 29.8 Å². The lowest BCUT2D eigenvalue weighted by Crippen LogP contribution is -2.45. The Bertz CT molecular complexity index is 808. The van der Waals surface area contributed by atoms with Gasteiger partial charge in [-0.05, 0) is 25.0 Å². The zero-order valence-electron chi connectivity index (χ0n) is 16.7. The van der Waals surface area contributed by atoms with Crippen LogP contribution in [-0.2, 0) is 12.1 Å². The number of aromatic nitrogens is 3. The lowest BCUT2D eigenvalue weighted by atomic mass is 9.89. The molecule has 0 bridgehead atoms. The summed E-state index contributed by atoms with van der Waals surface area (Å²) < 4.78 is 1.58. The molecule has 5 N–H and O–H groups in total. The molecular formula is C20H29N5O4. The van der Waals surface area contributed by atoms with Gasteiger partial charge in [-0.1, -0.05) is 37.3 Å². The molecule has 3 rings (SSSR count). The maximum absolute atomic E-state index is 12.7. The second-order valence-corrected chi connectivity index (χ2v) is 7.48. The van der Waals surface area contributed by atoms with E-state index in [4.69, 9.17) is 0 Å². The van der Waals surface area contributed by atoms with Gasteiger partial charge in [-0.15, -0.1) is 5.10 Å². The van der Waals surface area contributed by atoms with E-state index in [1.807, 2.05) is 32.0 Å². The van der Waals surface area contributed by atoms with E-state index in [0.717, 1.165) is 0 Å². The van der Waals surface area contributed by atoms with Gasteiger partial charge in [-0.2, -0.15) is 0 Å². The lowest BCUT2D eigenvalue weighted by molar-refractivity contribution is 0.0175. The van der Waals surface area contributed by atoms with Crippen LogP contribution in [0.25, 0.3) is 0 Å². The summed E-state index contributed by atoms with van der Waals surface area (Å²) in [6, 6.07) is 7.98. The molecular weight excluding hydrogens is 374 g/mol. The third kappa shape index (κ3) is 4.32. The second-order valence-electron chi connectivity index (χ2n) is 7.48. The summed E-state index contributed by atoms with van der Waals surface area (Å²) in [7, 11) is 0. The van der Waals surface area contributed by atoms with E-state index in [1.54, 1.807) is 23.0 Å². The monoisotopic (exact) mass is 403 g/mol. The molecule has 0 saturated carbocycles. The van der Waals surface area contributed by atoms with Crippen LogP contribution >= 0.6 is 0 Å². The summed E-state index contributed by atoms with van der Waals surface area (Å²) in [5.41, 5.74) is 0.548. The van der Waals surface area contributed by atoms with Crippen molar-refractivity contribution in [2.75, 3.05) is 6.61 Å². The predicted octanol–water partition coefficient (Wildman–Crippen LogP) is -0.222. The Hall–Kier alpha value is -2.33. The number of hydrogen-bond acceptors (Lipinski definition) is 7. The molecule has 0 radical (unpaired) electrons. The van der Waals surface area contributed by atoms with Crippen LogP contribution in [0.2, 0.25) is 0 Å². The highest BCUT2D eigenvalue weighted by Crippen LogP contribution is 2.28. The lowest BCUT2D eigenvalue weighted by Gasteiger charge is -2.30. The quantitative estimate of drug-likeness (QED) is 0.411. The van der Waals surface area contributed by atoms with E-state index in [2.05, 4.69) is 20.9 Å². The molecule has 29 heavy (non-hydrogen) atoms. The SMILES string of the molecule is CCC(CC)(NC(=O)c1ccccc1)c1cn(C[C@H]2N[C@H](CO)[C@@H](O)[C@@H]2O)nn1. The van der Waals surface area contributed by atoms with Crippen LogP contribution in [0.1, 0.15) is 42.7 Å². The van der Waals surface area contributed by atoms with Crippen molar-refractivity contribution >= 4 is 5.91 Å². The van der Waals surface area contributed by atoms with Crippen LogP contribution in [-0.4, -0.2) is 67.1 Å². The van der Waals surface area contributed by atoms with E-state index >= 15 is 0 Å². The van der Waals surface area contributed by atoms with Crippen LogP contribution in [0, 0.1) is 0 Å². The second kappa shape index (κ2) is 9.00. The molecule has 1 aromatic heterocycles. The number of nitrogens with one attached hydrogen (secondary N) is 2. The highest BCUT2D eigenvalue weighted by molar-refractivity contribution is 5.94. The van der Waals surface area contributed by atoms with E-state index in [9.17, 15) is 20.1 Å². The predicted molar refractivity (Wildman–Crippen MR) is 106 cm³/mol. The number of aliphatic hydroxyl groups is 3. The van der Waals surface area contributed by atoms with E-state index in [-0.39, 0.29) is 19.1 Å². The number of hydrogen-bond donors (Lipinski definition) is 5. The minimum atomic E-state index is -1.04. The summed E-state index contributed by atoms with van der Waals surface area (Å²) in [5, 5.41) is 44.0. The topological polar surface area (TPSA) is 133 Å². The summed E-state index contributed by atoms with van der Waals surface area (Å²) in [5.74, 6) is -0.175. The molecule has 1 aromatic carbocycles. The van der Waals surface area contributed by atoms with Crippen LogP contribution in [0.3, 0.4) is 0 Å². The molecule has 2 heterocycles. The fourth-order valence-corrected chi connectivity index (χ4v) is 3.81. The van der Waals surface area contributed by atoms with Gasteiger partial charge in [0.2, 0.25) is 0 Å². The largest absolute Gasteiger partial charge is 0.395 e. The third-order valence-electron chi connectivity index (χ3n) is 5.81. The van der Waals surface area contributed by atoms with Gasteiger partial charge in [0.15, 0.2) is 0 Å². The molecule has 1 aliphatic rings. The summed E-state index contributed by atoms with van der Waals surface area (Å²) >= 11 is 0. The molecule has 1 amide bonds. The standard InChI is InChI=1S/C20H29N5O4/c1-3-20(4-2,22-19(29)13-8-6-5-7-9-13)16-11-25(24-23-16)10-14-17(27)18(28)15(12-26)21-14/h5-9,11,14-15,17-18,21,26-28H,3-4,10,12H2,1-2H3,(H,22,29)/t14-,15-,17-,18-/m1/s1. The number of nitrogens with zero attached hydrogens (tertiary/aromatic N) is 3. The maximum atomic E-state index is 12.7. The normalized spacial score (nSPS) is 24.6. The molecule has 9 nitrogen and oxygen atoms in total. The van der Waals surface area contributed by atoms with Crippen LogP contribution in [0.15, 0.2) is 36.5 Å². The Morgan fingerprint density at radius 2 is 1.83 bits per heavy atom. The highest BCUT2D eigenvalue weighted by atomic mass is 16.3. The molecule has 0 aliphatic carbocycles. The molecule has 4 atom stereocenters. The zero-order valence-corrected chi connectivity index (χ0v) is 16.7. The molecule has 0 spiro atoms. The molecule has 158 valence electrons. The van der Waals surface area contributed by atoms with Crippen LogP contribution < -0.4 is 10.6 Å². The fraction of sp³-hybridized carbons (Fsp3) is 0.550. The Balaban J connectivity index is 1.76. The summed E-state index contributed by atoms with van der Waals surface area (Å²) in [4.78, 5) is 12.7.